The van der Waals surface area contributed by atoms with Crippen molar-refractivity contribution in [2.75, 3.05) is 18.4 Å². The van der Waals surface area contributed by atoms with E-state index < -0.39 is 5.60 Å². The molecule has 1 aromatic rings. The molecule has 22 heavy (non-hydrogen) atoms. The predicted molar refractivity (Wildman–Crippen MR) is 90.6 cm³/mol. The summed E-state index contributed by atoms with van der Waals surface area (Å²) in [7, 11) is 0. The molecule has 1 saturated heterocycles. The van der Waals surface area contributed by atoms with E-state index in [0.717, 1.165) is 30.6 Å². The van der Waals surface area contributed by atoms with E-state index >= 15 is 0 Å². The van der Waals surface area contributed by atoms with Crippen LogP contribution in [0.1, 0.15) is 39.2 Å². The normalized spacial score (nSPS) is 18.4. The molecule has 2 rings (SSSR count). The van der Waals surface area contributed by atoms with Crippen LogP contribution in [0.4, 0.5) is 10.5 Å². The van der Waals surface area contributed by atoms with Gasteiger partial charge >= 0.3 is 6.09 Å². The van der Waals surface area contributed by atoms with Crippen molar-refractivity contribution in [1.82, 2.24) is 4.90 Å². The van der Waals surface area contributed by atoms with Crippen LogP contribution in [0.5, 0.6) is 0 Å². The maximum absolute atomic E-state index is 12.3. The molecule has 1 unspecified atom stereocenters. The van der Waals surface area contributed by atoms with E-state index in [4.69, 9.17) is 16.3 Å². The molecule has 122 valence electrons. The summed E-state index contributed by atoms with van der Waals surface area (Å²) in [6.45, 7) is 9.14. The van der Waals surface area contributed by atoms with Crippen molar-refractivity contribution in [2.24, 2.45) is 0 Å². The van der Waals surface area contributed by atoms with E-state index in [1.807, 2.05) is 50.8 Å². The second-order valence-electron chi connectivity index (χ2n) is 6.83. The highest BCUT2D eigenvalue weighted by Crippen LogP contribution is 2.25. The van der Waals surface area contributed by atoms with E-state index in [0.29, 0.717) is 11.6 Å². The number of hydrogen-bond donors (Lipinski definition) is 1. The second-order valence-corrected chi connectivity index (χ2v) is 7.24. The fraction of sp³-hybridized carbons (Fsp3) is 0.588. The summed E-state index contributed by atoms with van der Waals surface area (Å²) >= 11 is 6.20. The third kappa shape index (κ3) is 4.54. The van der Waals surface area contributed by atoms with Gasteiger partial charge in [0.15, 0.2) is 0 Å². The summed E-state index contributed by atoms with van der Waals surface area (Å²) in [4.78, 5) is 14.1. The van der Waals surface area contributed by atoms with Crippen molar-refractivity contribution in [3.05, 3.63) is 28.8 Å². The Morgan fingerprint density at radius 3 is 2.86 bits per heavy atom. The van der Waals surface area contributed by atoms with Crippen molar-refractivity contribution in [2.45, 2.75) is 52.2 Å². The Hall–Kier alpha value is -1.42. The van der Waals surface area contributed by atoms with Gasteiger partial charge in [-0.15, -0.1) is 0 Å². The van der Waals surface area contributed by atoms with Gasteiger partial charge in [-0.3, -0.25) is 0 Å². The molecule has 1 amide bonds. The Morgan fingerprint density at radius 2 is 2.18 bits per heavy atom. The Balaban J connectivity index is 1.97. The number of carbonyl (C=O) groups is 1. The average Bonchev–Trinajstić information content (AvgIpc) is 2.86. The molecule has 0 radical (unpaired) electrons. The van der Waals surface area contributed by atoms with Crippen molar-refractivity contribution in [3.8, 4) is 0 Å². The number of nitrogens with zero attached hydrogens (tertiary/aromatic N) is 1. The van der Waals surface area contributed by atoms with Crippen LogP contribution < -0.4 is 5.32 Å². The molecule has 1 atom stereocenters. The molecular weight excluding hydrogens is 300 g/mol. The molecule has 0 bridgehead atoms. The number of amides is 1. The van der Waals surface area contributed by atoms with Crippen LogP contribution in [0, 0.1) is 6.92 Å². The Labute approximate surface area is 137 Å². The Morgan fingerprint density at radius 1 is 1.45 bits per heavy atom. The topological polar surface area (TPSA) is 41.6 Å². The first-order chi connectivity index (χ1) is 10.3. The smallest absolute Gasteiger partial charge is 0.410 e. The number of likely N-dealkylation sites (tertiary alicyclic amines) is 1. The molecule has 1 N–H and O–H groups in total. The van der Waals surface area contributed by atoms with Crippen molar-refractivity contribution >= 4 is 23.4 Å². The Bertz CT molecular complexity index is 540. The zero-order valence-corrected chi connectivity index (χ0v) is 14.5. The van der Waals surface area contributed by atoms with Gasteiger partial charge in [-0.1, -0.05) is 17.7 Å². The summed E-state index contributed by atoms with van der Waals surface area (Å²) in [5, 5.41) is 4.06. The molecular formula is C17H25ClN2O2. The van der Waals surface area contributed by atoms with Gasteiger partial charge in [0.2, 0.25) is 0 Å². The maximum Gasteiger partial charge on any atom is 0.410 e. The van der Waals surface area contributed by atoms with Gasteiger partial charge in [-0.2, -0.15) is 0 Å². The van der Waals surface area contributed by atoms with Gasteiger partial charge in [0, 0.05) is 13.1 Å². The molecule has 1 heterocycles. The van der Waals surface area contributed by atoms with Crippen LogP contribution in [0.25, 0.3) is 0 Å². The lowest BCUT2D eigenvalue weighted by atomic mass is 10.2. The lowest BCUT2D eigenvalue weighted by Gasteiger charge is -2.29. The third-order valence-corrected chi connectivity index (χ3v) is 3.98. The minimum absolute atomic E-state index is 0.145. The van der Waals surface area contributed by atoms with E-state index in [9.17, 15) is 4.79 Å². The first kappa shape index (κ1) is 16.9. The molecule has 0 spiro atoms. The number of rotatable bonds is 3. The molecule has 1 fully saturated rings. The molecule has 1 aliphatic rings. The van der Waals surface area contributed by atoms with Crippen LogP contribution in [0.3, 0.4) is 0 Å². The van der Waals surface area contributed by atoms with Crippen LogP contribution in [0.2, 0.25) is 5.02 Å². The summed E-state index contributed by atoms with van der Waals surface area (Å²) in [6, 6.07) is 6.04. The SMILES string of the molecule is Cc1ccc(Cl)c(NCC2CCCN2C(=O)OC(C)(C)C)c1. The second kappa shape index (κ2) is 6.78. The summed E-state index contributed by atoms with van der Waals surface area (Å²) in [6.07, 6.45) is 1.76. The summed E-state index contributed by atoms with van der Waals surface area (Å²) < 4.78 is 5.48. The number of benzene rings is 1. The van der Waals surface area contributed by atoms with E-state index in [2.05, 4.69) is 5.32 Å². The number of aryl methyl sites for hydroxylation is 1. The highest BCUT2D eigenvalue weighted by molar-refractivity contribution is 6.33. The van der Waals surface area contributed by atoms with Gasteiger partial charge in [0.25, 0.3) is 0 Å². The molecule has 0 saturated carbocycles. The third-order valence-electron chi connectivity index (χ3n) is 3.66. The number of halogens is 1. The molecule has 0 aromatic heterocycles. The van der Waals surface area contributed by atoms with E-state index in [1.54, 1.807) is 0 Å². The highest BCUT2D eigenvalue weighted by Gasteiger charge is 2.31. The number of nitrogens with one attached hydrogen (secondary N) is 1. The fourth-order valence-corrected chi connectivity index (χ4v) is 2.80. The van der Waals surface area contributed by atoms with Crippen molar-refractivity contribution in [1.29, 1.82) is 0 Å². The zero-order valence-electron chi connectivity index (χ0n) is 13.8. The summed E-state index contributed by atoms with van der Waals surface area (Å²) in [5.74, 6) is 0. The van der Waals surface area contributed by atoms with Crippen molar-refractivity contribution in [3.63, 3.8) is 0 Å². The number of hydrogen-bond acceptors (Lipinski definition) is 3. The van der Waals surface area contributed by atoms with Gasteiger partial charge < -0.3 is 15.0 Å². The highest BCUT2D eigenvalue weighted by atomic mass is 35.5. The Kier molecular flexibility index (Phi) is 5.22. The minimum atomic E-state index is -0.461. The number of anilines is 1. The molecule has 1 aliphatic heterocycles. The minimum Gasteiger partial charge on any atom is -0.444 e. The number of carbonyl (C=O) groups excluding carboxylic acids is 1. The molecule has 4 nitrogen and oxygen atoms in total. The van der Waals surface area contributed by atoms with Gasteiger partial charge in [0.1, 0.15) is 5.60 Å². The molecule has 1 aromatic carbocycles. The van der Waals surface area contributed by atoms with Gasteiger partial charge in [0.05, 0.1) is 16.8 Å². The lowest BCUT2D eigenvalue weighted by Crippen LogP contribution is -2.42. The fourth-order valence-electron chi connectivity index (χ4n) is 2.61. The number of ether oxygens (including phenoxy) is 1. The van der Waals surface area contributed by atoms with Gasteiger partial charge in [-0.25, -0.2) is 4.79 Å². The molecule has 0 aliphatic carbocycles. The predicted octanol–water partition coefficient (Wildman–Crippen LogP) is 4.46. The molecule has 5 heteroatoms. The summed E-state index contributed by atoms with van der Waals surface area (Å²) in [5.41, 5.74) is 1.61. The van der Waals surface area contributed by atoms with Gasteiger partial charge in [-0.05, 0) is 58.2 Å². The average molecular weight is 325 g/mol. The largest absolute Gasteiger partial charge is 0.444 e. The maximum atomic E-state index is 12.3. The quantitative estimate of drug-likeness (QED) is 0.892. The first-order valence-corrected chi connectivity index (χ1v) is 8.14. The lowest BCUT2D eigenvalue weighted by molar-refractivity contribution is 0.0235. The van der Waals surface area contributed by atoms with E-state index in [1.165, 1.54) is 0 Å². The van der Waals surface area contributed by atoms with Crippen molar-refractivity contribution < 1.29 is 9.53 Å². The van der Waals surface area contributed by atoms with Crippen LogP contribution >= 0.6 is 11.6 Å². The van der Waals surface area contributed by atoms with Crippen LogP contribution in [-0.2, 0) is 4.74 Å². The first-order valence-electron chi connectivity index (χ1n) is 7.76. The van der Waals surface area contributed by atoms with Crippen LogP contribution in [-0.4, -0.2) is 35.7 Å². The standard InChI is InChI=1S/C17H25ClN2O2/c1-12-7-8-14(18)15(10-12)19-11-13-6-5-9-20(13)16(21)22-17(2,3)4/h7-8,10,13,19H,5-6,9,11H2,1-4H3. The monoisotopic (exact) mass is 324 g/mol. The zero-order chi connectivity index (χ0) is 16.3. The van der Waals surface area contributed by atoms with E-state index in [-0.39, 0.29) is 12.1 Å². The van der Waals surface area contributed by atoms with Crippen LogP contribution in [0.15, 0.2) is 18.2 Å².